The molecule has 0 heterocycles. The fourth-order valence-electron chi connectivity index (χ4n) is 12.3. The Balaban J connectivity index is 1.06. The molecule has 11 aromatic carbocycles. The molecule has 3 aliphatic rings. The van der Waals surface area contributed by atoms with Gasteiger partial charge < -0.3 is 4.90 Å². The molecule has 0 N–H and O–H groups in total. The molecule has 0 saturated carbocycles. The van der Waals surface area contributed by atoms with Crippen molar-refractivity contribution >= 4 is 49.4 Å². The van der Waals surface area contributed by atoms with Gasteiger partial charge in [-0.25, -0.2) is 0 Å². The van der Waals surface area contributed by atoms with E-state index < -0.39 is 5.41 Å². The second-order valence-corrected chi connectivity index (χ2v) is 18.6. The Morgan fingerprint density at radius 2 is 0.788 bits per heavy atom. The number of hydrogen-bond donors (Lipinski definition) is 0. The van der Waals surface area contributed by atoms with Crippen molar-refractivity contribution in [1.29, 1.82) is 0 Å². The second kappa shape index (κ2) is 14.5. The third-order valence-electron chi connectivity index (χ3n) is 15.2. The highest BCUT2D eigenvalue weighted by molar-refractivity contribution is 6.26. The number of hydrogen-bond acceptors (Lipinski definition) is 1. The van der Waals surface area contributed by atoms with Gasteiger partial charge in [0, 0.05) is 16.9 Å². The van der Waals surface area contributed by atoms with Crippen molar-refractivity contribution in [3.8, 4) is 44.5 Å². The van der Waals surface area contributed by atoms with Crippen LogP contribution in [0.3, 0.4) is 0 Å². The molecule has 0 aliphatic heterocycles. The van der Waals surface area contributed by atoms with E-state index >= 15 is 0 Å². The van der Waals surface area contributed by atoms with E-state index in [0.717, 1.165) is 17.1 Å². The quantitative estimate of drug-likeness (QED) is 0.156. The molecule has 11 aromatic rings. The van der Waals surface area contributed by atoms with Gasteiger partial charge in [0.2, 0.25) is 0 Å². The van der Waals surface area contributed by atoms with Crippen LogP contribution >= 0.6 is 0 Å². The van der Waals surface area contributed by atoms with Crippen LogP contribution in [0.1, 0.15) is 46.2 Å². The van der Waals surface area contributed by atoms with Crippen LogP contribution in [-0.2, 0) is 18.3 Å². The number of para-hydroxylation sites is 1. The fraction of sp³-hybridized carbons (Fsp3) is 0.0769. The maximum absolute atomic E-state index is 2.57. The Kier molecular flexibility index (Phi) is 8.22. The summed E-state index contributed by atoms with van der Waals surface area (Å²) in [6, 6.07) is 85.0. The molecule has 0 amide bonds. The van der Waals surface area contributed by atoms with Crippen molar-refractivity contribution in [2.24, 2.45) is 0 Å². The molecule has 1 heteroatoms. The summed E-state index contributed by atoms with van der Waals surface area (Å²) in [5.74, 6) is 0. The Morgan fingerprint density at radius 1 is 0.288 bits per heavy atom. The minimum Gasteiger partial charge on any atom is -0.310 e. The molecule has 0 aromatic heterocycles. The van der Waals surface area contributed by atoms with Gasteiger partial charge in [-0.15, -0.1) is 0 Å². The molecule has 0 radical (unpaired) electrons. The molecular weight excluding hydrogens is 795 g/mol. The zero-order valence-corrected chi connectivity index (χ0v) is 36.6. The molecule has 14 rings (SSSR count). The zero-order valence-electron chi connectivity index (χ0n) is 36.6. The van der Waals surface area contributed by atoms with Crippen LogP contribution < -0.4 is 4.90 Å². The number of anilines is 3. The molecule has 0 fully saturated rings. The SMILES string of the molecule is c1ccc(N(c2ccc3c4ccccc4c4ccccc4c3c2)c2cc3c(cc2-c2ccc(-c4ccc5c(c4)CCCC5)cc2)-c2ccccc2C32c3ccccc3-c3ccccc32)cc1. The maximum Gasteiger partial charge on any atom is 0.0726 e. The predicted octanol–water partition coefficient (Wildman–Crippen LogP) is 17.2. The lowest BCUT2D eigenvalue weighted by Gasteiger charge is -2.33. The van der Waals surface area contributed by atoms with E-state index in [-0.39, 0.29) is 0 Å². The van der Waals surface area contributed by atoms with Crippen LogP contribution in [-0.4, -0.2) is 0 Å². The van der Waals surface area contributed by atoms with Gasteiger partial charge >= 0.3 is 0 Å². The summed E-state index contributed by atoms with van der Waals surface area (Å²) < 4.78 is 0. The van der Waals surface area contributed by atoms with E-state index in [2.05, 4.69) is 229 Å². The number of fused-ring (bicyclic) bond motifs is 17. The standard InChI is InChI=1S/C65H45N/c1-2-18-47(19-3-1)66(48-36-37-53-51-22-7-6-20-49(51)50-21-8-9-23-52(50)58(53)39-48)64-41-63-59(40-57(64)44-33-30-43(31-34-44)46-35-32-42-16-4-5-17-45(42)38-46)56-26-12-15-29-62(56)65(63)60-27-13-10-24-54(60)55-25-11-14-28-61(55)65/h1-3,6-15,18-41H,4-5,16-17H2. The van der Waals surface area contributed by atoms with Gasteiger partial charge in [0.1, 0.15) is 0 Å². The van der Waals surface area contributed by atoms with E-state index in [4.69, 9.17) is 0 Å². The second-order valence-electron chi connectivity index (χ2n) is 18.6. The van der Waals surface area contributed by atoms with Crippen LogP contribution in [0, 0.1) is 0 Å². The number of benzene rings is 11. The summed E-state index contributed by atoms with van der Waals surface area (Å²) in [5, 5.41) is 7.62. The van der Waals surface area contributed by atoms with E-state index in [0.29, 0.717) is 0 Å². The first-order valence-corrected chi connectivity index (χ1v) is 23.6. The average molecular weight is 840 g/mol. The molecule has 310 valence electrons. The Bertz CT molecular complexity index is 3680. The van der Waals surface area contributed by atoms with Gasteiger partial charge in [-0.2, -0.15) is 0 Å². The minimum atomic E-state index is -0.483. The van der Waals surface area contributed by atoms with Crippen molar-refractivity contribution in [3.05, 3.63) is 258 Å². The van der Waals surface area contributed by atoms with Crippen LogP contribution in [0.15, 0.2) is 224 Å². The van der Waals surface area contributed by atoms with Gasteiger partial charge in [-0.3, -0.25) is 0 Å². The van der Waals surface area contributed by atoms with E-state index in [1.807, 2.05) is 0 Å². The van der Waals surface area contributed by atoms with Gasteiger partial charge in [0.25, 0.3) is 0 Å². The van der Waals surface area contributed by atoms with Crippen LogP contribution in [0.5, 0.6) is 0 Å². The summed E-state index contributed by atoms with van der Waals surface area (Å²) in [7, 11) is 0. The molecular formula is C65H45N. The van der Waals surface area contributed by atoms with Crippen molar-refractivity contribution in [1.82, 2.24) is 0 Å². The van der Waals surface area contributed by atoms with Crippen molar-refractivity contribution < 1.29 is 0 Å². The normalized spacial score (nSPS) is 13.9. The van der Waals surface area contributed by atoms with Gasteiger partial charge in [-0.05, 0) is 167 Å². The van der Waals surface area contributed by atoms with Gasteiger partial charge in [-0.1, -0.05) is 188 Å². The van der Waals surface area contributed by atoms with Crippen LogP contribution in [0.25, 0.3) is 76.8 Å². The van der Waals surface area contributed by atoms with Crippen LogP contribution in [0.4, 0.5) is 17.1 Å². The first-order valence-electron chi connectivity index (χ1n) is 23.6. The number of rotatable bonds is 5. The molecule has 0 saturated heterocycles. The third-order valence-corrected chi connectivity index (χ3v) is 15.2. The Morgan fingerprint density at radius 3 is 1.42 bits per heavy atom. The van der Waals surface area contributed by atoms with E-state index in [1.165, 1.54) is 136 Å². The largest absolute Gasteiger partial charge is 0.310 e. The summed E-state index contributed by atoms with van der Waals surface area (Å²) in [6.45, 7) is 0. The van der Waals surface area contributed by atoms with Crippen molar-refractivity contribution in [3.63, 3.8) is 0 Å². The molecule has 0 atom stereocenters. The zero-order chi connectivity index (χ0) is 43.3. The molecule has 3 aliphatic carbocycles. The van der Waals surface area contributed by atoms with Crippen LogP contribution in [0.2, 0.25) is 0 Å². The molecule has 0 bridgehead atoms. The van der Waals surface area contributed by atoms with E-state index in [1.54, 1.807) is 0 Å². The molecule has 66 heavy (non-hydrogen) atoms. The number of aryl methyl sites for hydroxylation is 2. The highest BCUT2D eigenvalue weighted by atomic mass is 15.1. The smallest absolute Gasteiger partial charge is 0.0726 e. The van der Waals surface area contributed by atoms with E-state index in [9.17, 15) is 0 Å². The lowest BCUT2D eigenvalue weighted by Crippen LogP contribution is -2.26. The Labute approximate surface area is 385 Å². The highest BCUT2D eigenvalue weighted by Crippen LogP contribution is 2.64. The summed E-state index contributed by atoms with van der Waals surface area (Å²) in [4.78, 5) is 2.53. The van der Waals surface area contributed by atoms with Crippen molar-refractivity contribution in [2.45, 2.75) is 31.1 Å². The first kappa shape index (κ1) is 37.4. The van der Waals surface area contributed by atoms with Gasteiger partial charge in [0.05, 0.1) is 11.1 Å². The lowest BCUT2D eigenvalue weighted by molar-refractivity contribution is 0.686. The predicted molar refractivity (Wildman–Crippen MR) is 277 cm³/mol. The molecule has 1 spiro atoms. The number of nitrogens with zero attached hydrogens (tertiary/aromatic N) is 1. The average Bonchev–Trinajstić information content (AvgIpc) is 3.86. The molecule has 0 unspecified atom stereocenters. The topological polar surface area (TPSA) is 3.24 Å². The Hall–Kier alpha value is -8.00. The highest BCUT2D eigenvalue weighted by Gasteiger charge is 2.52. The monoisotopic (exact) mass is 839 g/mol. The maximum atomic E-state index is 2.57. The fourth-order valence-corrected chi connectivity index (χ4v) is 12.3. The van der Waals surface area contributed by atoms with Gasteiger partial charge in [0.15, 0.2) is 0 Å². The molecule has 1 nitrogen and oxygen atoms in total. The summed E-state index contributed by atoms with van der Waals surface area (Å²) in [6.07, 6.45) is 4.94. The summed E-state index contributed by atoms with van der Waals surface area (Å²) >= 11 is 0. The summed E-state index contributed by atoms with van der Waals surface area (Å²) in [5.41, 5.74) is 21.5. The van der Waals surface area contributed by atoms with Crippen molar-refractivity contribution in [2.75, 3.05) is 4.90 Å². The first-order chi connectivity index (χ1) is 32.7. The minimum absolute atomic E-state index is 0.483. The third kappa shape index (κ3) is 5.35. The lowest BCUT2D eigenvalue weighted by atomic mass is 9.70.